The van der Waals surface area contributed by atoms with Crippen LogP contribution in [0.3, 0.4) is 0 Å². The molecule has 0 saturated carbocycles. The van der Waals surface area contributed by atoms with E-state index in [9.17, 15) is 20.1 Å². The highest BCUT2D eigenvalue weighted by Gasteiger charge is 2.47. The van der Waals surface area contributed by atoms with E-state index in [1.54, 1.807) is 13.4 Å². The minimum Gasteiger partial charge on any atom is -0.388 e. The van der Waals surface area contributed by atoms with Gasteiger partial charge in [0.25, 0.3) is 0 Å². The van der Waals surface area contributed by atoms with Crippen LogP contribution in [0.15, 0.2) is 6.20 Å². The number of nitrogens with one attached hydrogen (secondary N) is 2. The molecule has 3 heterocycles. The van der Waals surface area contributed by atoms with Gasteiger partial charge in [0.1, 0.15) is 35.5 Å². The van der Waals surface area contributed by atoms with Crippen molar-refractivity contribution >= 4 is 17.7 Å². The Bertz CT molecular complexity index is 812. The van der Waals surface area contributed by atoms with Crippen molar-refractivity contribution in [2.75, 3.05) is 19.9 Å². The quantitative estimate of drug-likeness (QED) is 0.270. The van der Waals surface area contributed by atoms with E-state index in [1.165, 1.54) is 11.8 Å². The number of aromatic nitrogens is 3. The second-order valence-corrected chi connectivity index (χ2v) is 11.2. The standard InChI is InChI=1S/C24H43N5O6S/c1-14(2)18(22-20(31)19(30)21(32)24(35-22)36-4)26-23(33)17-8-7-15(9-10-25-17)6-5-11-29-12-16(13-34-3)27-28-29/h12,14-15,17-22,24-25,30-32H,5-11,13H2,1-4H3,(H,26,33)/t15-,17-,18+,19-,20+,21+,22+,24+/m0/s1. The molecule has 12 heteroatoms. The molecule has 0 radical (unpaired) electrons. The highest BCUT2D eigenvalue weighted by atomic mass is 32.2. The molecular weight excluding hydrogens is 486 g/mol. The molecule has 8 atom stereocenters. The van der Waals surface area contributed by atoms with Crippen LogP contribution in [0.2, 0.25) is 0 Å². The monoisotopic (exact) mass is 529 g/mol. The second kappa shape index (κ2) is 14.0. The van der Waals surface area contributed by atoms with Crippen molar-refractivity contribution in [3.05, 3.63) is 11.9 Å². The van der Waals surface area contributed by atoms with Gasteiger partial charge in [-0.25, -0.2) is 0 Å². The molecule has 0 spiro atoms. The highest BCUT2D eigenvalue weighted by molar-refractivity contribution is 7.99. The zero-order valence-electron chi connectivity index (χ0n) is 21.7. The summed E-state index contributed by atoms with van der Waals surface area (Å²) in [6.45, 7) is 5.91. The number of hydrogen-bond donors (Lipinski definition) is 5. The van der Waals surface area contributed by atoms with Crippen molar-refractivity contribution in [3.63, 3.8) is 0 Å². The van der Waals surface area contributed by atoms with Crippen LogP contribution < -0.4 is 10.6 Å². The van der Waals surface area contributed by atoms with Gasteiger partial charge in [-0.2, -0.15) is 0 Å². The number of aliphatic hydroxyl groups is 3. The molecule has 1 aromatic rings. The minimum atomic E-state index is -1.33. The molecule has 11 nitrogen and oxygen atoms in total. The van der Waals surface area contributed by atoms with Crippen LogP contribution in [0.1, 0.15) is 51.6 Å². The van der Waals surface area contributed by atoms with Gasteiger partial charge in [0, 0.05) is 13.7 Å². The molecule has 5 N–H and O–H groups in total. The van der Waals surface area contributed by atoms with Gasteiger partial charge in [-0.05, 0) is 56.7 Å². The number of rotatable bonds is 11. The first-order valence-electron chi connectivity index (χ1n) is 12.9. The van der Waals surface area contributed by atoms with E-state index in [1.807, 2.05) is 24.7 Å². The largest absolute Gasteiger partial charge is 0.388 e. The summed E-state index contributed by atoms with van der Waals surface area (Å²) in [5.41, 5.74) is 0.151. The molecular formula is C24H43N5O6S. The van der Waals surface area contributed by atoms with Gasteiger partial charge in [-0.3, -0.25) is 9.48 Å². The summed E-state index contributed by atoms with van der Waals surface area (Å²) in [6, 6.07) is -0.827. The van der Waals surface area contributed by atoms with Gasteiger partial charge in [0.15, 0.2) is 0 Å². The van der Waals surface area contributed by atoms with E-state index in [0.717, 1.165) is 50.9 Å². The lowest BCUT2D eigenvalue weighted by Crippen LogP contribution is -2.64. The Morgan fingerprint density at radius 1 is 1.28 bits per heavy atom. The van der Waals surface area contributed by atoms with Crippen LogP contribution in [-0.4, -0.2) is 98.1 Å². The van der Waals surface area contributed by atoms with Gasteiger partial charge in [0.2, 0.25) is 5.91 Å². The van der Waals surface area contributed by atoms with E-state index < -0.39 is 35.9 Å². The number of carbonyl (C=O) groups is 1. The Kier molecular flexibility index (Phi) is 11.4. The van der Waals surface area contributed by atoms with Crippen LogP contribution in [0.4, 0.5) is 0 Å². The summed E-state index contributed by atoms with van der Waals surface area (Å²) in [5.74, 6) is 0.360. The predicted octanol–water partition coefficient (Wildman–Crippen LogP) is 0.274. The molecule has 36 heavy (non-hydrogen) atoms. The van der Waals surface area contributed by atoms with Gasteiger partial charge in [-0.15, -0.1) is 16.9 Å². The maximum atomic E-state index is 13.2. The fourth-order valence-electron chi connectivity index (χ4n) is 5.09. The number of methoxy groups -OCH3 is 1. The van der Waals surface area contributed by atoms with E-state index in [0.29, 0.717) is 12.5 Å². The zero-order chi connectivity index (χ0) is 26.2. The molecule has 2 aliphatic rings. The van der Waals surface area contributed by atoms with E-state index in [4.69, 9.17) is 9.47 Å². The number of hydrogen-bond acceptors (Lipinski definition) is 10. The lowest BCUT2D eigenvalue weighted by molar-refractivity contribution is -0.208. The number of thioether (sulfide) groups is 1. The van der Waals surface area contributed by atoms with E-state index in [-0.39, 0.29) is 17.9 Å². The van der Waals surface area contributed by atoms with Crippen molar-refractivity contribution in [2.24, 2.45) is 11.8 Å². The smallest absolute Gasteiger partial charge is 0.237 e. The van der Waals surface area contributed by atoms with Gasteiger partial charge >= 0.3 is 0 Å². The maximum Gasteiger partial charge on any atom is 0.237 e. The van der Waals surface area contributed by atoms with Crippen molar-refractivity contribution in [1.29, 1.82) is 0 Å². The highest BCUT2D eigenvalue weighted by Crippen LogP contribution is 2.30. The van der Waals surface area contributed by atoms with Crippen molar-refractivity contribution in [2.45, 2.75) is 101 Å². The van der Waals surface area contributed by atoms with E-state index in [2.05, 4.69) is 20.9 Å². The van der Waals surface area contributed by atoms with Gasteiger partial charge < -0.3 is 35.4 Å². The van der Waals surface area contributed by atoms with Crippen molar-refractivity contribution in [1.82, 2.24) is 25.6 Å². The summed E-state index contributed by atoms with van der Waals surface area (Å²) in [7, 11) is 1.64. The van der Waals surface area contributed by atoms with E-state index >= 15 is 0 Å². The summed E-state index contributed by atoms with van der Waals surface area (Å²) in [4.78, 5) is 13.2. The van der Waals surface area contributed by atoms with Crippen LogP contribution in [0.25, 0.3) is 0 Å². The van der Waals surface area contributed by atoms with Crippen LogP contribution >= 0.6 is 11.8 Å². The molecule has 206 valence electrons. The topological polar surface area (TPSA) is 151 Å². The molecule has 0 unspecified atom stereocenters. The number of aryl methyl sites for hydroxylation is 1. The lowest BCUT2D eigenvalue weighted by atomic mass is 9.88. The minimum absolute atomic E-state index is 0.0433. The third-order valence-electron chi connectivity index (χ3n) is 7.22. The number of carbonyl (C=O) groups excluding carboxylic acids is 1. The first-order chi connectivity index (χ1) is 17.2. The lowest BCUT2D eigenvalue weighted by Gasteiger charge is -2.44. The summed E-state index contributed by atoms with van der Waals surface area (Å²) in [6.07, 6.45) is 3.80. The van der Waals surface area contributed by atoms with Crippen LogP contribution in [-0.2, 0) is 27.4 Å². The Morgan fingerprint density at radius 3 is 2.75 bits per heavy atom. The first kappa shape index (κ1) is 29.3. The van der Waals surface area contributed by atoms with Gasteiger partial charge in [-0.1, -0.05) is 19.1 Å². The molecule has 0 aliphatic carbocycles. The molecule has 3 rings (SSSR count). The average molecular weight is 530 g/mol. The second-order valence-electron chi connectivity index (χ2n) is 10.2. The number of ether oxygens (including phenoxy) is 2. The molecule has 2 fully saturated rings. The third kappa shape index (κ3) is 7.62. The number of amides is 1. The third-order valence-corrected chi connectivity index (χ3v) is 8.08. The maximum absolute atomic E-state index is 13.2. The summed E-state index contributed by atoms with van der Waals surface area (Å²) in [5, 5.41) is 45.8. The SMILES string of the molecule is COCc1cn(CCC[C@@H]2CCN[C@H](C(=O)N[C@H](C(C)C)[C@H]3O[C@H](SC)[C@H](O)[C@@H](O)[C@H]3O)CC2)nn1. The zero-order valence-corrected chi connectivity index (χ0v) is 22.6. The average Bonchev–Trinajstić information content (AvgIpc) is 3.16. The molecule has 1 aromatic heterocycles. The molecule has 2 aliphatic heterocycles. The molecule has 1 amide bonds. The first-order valence-corrected chi connectivity index (χ1v) is 14.2. The fraction of sp³-hybridized carbons (Fsp3) is 0.875. The number of aliphatic hydroxyl groups excluding tert-OH is 3. The number of nitrogens with zero attached hydrogens (tertiary/aromatic N) is 3. The summed E-state index contributed by atoms with van der Waals surface area (Å²) >= 11 is 1.27. The van der Waals surface area contributed by atoms with Crippen molar-refractivity contribution < 1.29 is 29.6 Å². The molecule has 0 bridgehead atoms. The van der Waals surface area contributed by atoms with Crippen LogP contribution in [0, 0.1) is 11.8 Å². The Morgan fingerprint density at radius 2 is 2.06 bits per heavy atom. The predicted molar refractivity (Wildman–Crippen MR) is 136 cm³/mol. The fourth-order valence-corrected chi connectivity index (χ4v) is 5.76. The summed E-state index contributed by atoms with van der Waals surface area (Å²) < 4.78 is 12.9. The Hall–Kier alpha value is -1.28. The Labute approximate surface area is 217 Å². The molecule has 2 saturated heterocycles. The molecule has 0 aromatic carbocycles. The van der Waals surface area contributed by atoms with Crippen LogP contribution in [0.5, 0.6) is 0 Å². The van der Waals surface area contributed by atoms with Gasteiger partial charge in [0.05, 0.1) is 24.9 Å². The normalized spacial score (nSPS) is 32.3. The Balaban J connectivity index is 1.50. The van der Waals surface area contributed by atoms with Crippen molar-refractivity contribution in [3.8, 4) is 0 Å².